The van der Waals surface area contributed by atoms with Crippen LogP contribution in [0.4, 0.5) is 0 Å². The summed E-state index contributed by atoms with van der Waals surface area (Å²) in [5.41, 5.74) is 1.14. The molecule has 1 saturated heterocycles. The summed E-state index contributed by atoms with van der Waals surface area (Å²) < 4.78 is 1.30. The number of aliphatic hydroxyl groups is 1. The average Bonchev–Trinajstić information content (AvgIpc) is 2.53. The Balaban J connectivity index is 0.00000225. The molecule has 1 fully saturated rings. The SMILES string of the molecule is Cc1cc(Cl)cc2c(=O)n(CC(=O)C[C@H]3NCCC[C@@H]3O)cnc12.Cl. The molecule has 2 atom stereocenters. The molecule has 1 aromatic carbocycles. The van der Waals surface area contributed by atoms with Gasteiger partial charge in [-0.2, -0.15) is 0 Å². The van der Waals surface area contributed by atoms with Crippen molar-refractivity contribution in [2.24, 2.45) is 0 Å². The Bertz CT molecular complexity index is 838. The van der Waals surface area contributed by atoms with Crippen LogP contribution in [0.1, 0.15) is 24.8 Å². The number of aryl methyl sites for hydroxylation is 1. The lowest BCUT2D eigenvalue weighted by molar-refractivity contribution is -0.121. The number of ketones is 1. The molecule has 0 spiro atoms. The van der Waals surface area contributed by atoms with E-state index in [1.165, 1.54) is 10.9 Å². The van der Waals surface area contributed by atoms with E-state index >= 15 is 0 Å². The first kappa shape index (κ1) is 19.8. The highest BCUT2D eigenvalue weighted by Crippen LogP contribution is 2.19. The van der Waals surface area contributed by atoms with Gasteiger partial charge in [0.1, 0.15) is 0 Å². The molecule has 0 saturated carbocycles. The van der Waals surface area contributed by atoms with E-state index in [9.17, 15) is 14.7 Å². The van der Waals surface area contributed by atoms with Crippen molar-refractivity contribution >= 4 is 40.7 Å². The van der Waals surface area contributed by atoms with Gasteiger partial charge in [-0.15, -0.1) is 12.4 Å². The first-order valence-corrected chi connectivity index (χ1v) is 8.42. The normalized spacial score (nSPS) is 20.3. The van der Waals surface area contributed by atoms with E-state index in [4.69, 9.17) is 11.6 Å². The highest BCUT2D eigenvalue weighted by molar-refractivity contribution is 6.31. The van der Waals surface area contributed by atoms with Crippen molar-refractivity contribution < 1.29 is 9.90 Å². The molecule has 0 amide bonds. The van der Waals surface area contributed by atoms with Crippen LogP contribution in [0, 0.1) is 6.92 Å². The molecule has 0 unspecified atom stereocenters. The zero-order chi connectivity index (χ0) is 17.3. The predicted molar refractivity (Wildman–Crippen MR) is 99.7 cm³/mol. The van der Waals surface area contributed by atoms with Crippen molar-refractivity contribution in [2.75, 3.05) is 6.54 Å². The maximum absolute atomic E-state index is 12.6. The fourth-order valence-corrected chi connectivity index (χ4v) is 3.43. The van der Waals surface area contributed by atoms with E-state index in [2.05, 4.69) is 10.3 Å². The molecule has 2 aromatic rings. The number of rotatable bonds is 4. The number of benzene rings is 1. The van der Waals surface area contributed by atoms with E-state index in [0.717, 1.165) is 18.5 Å². The molecule has 1 aromatic heterocycles. The van der Waals surface area contributed by atoms with Gasteiger partial charge in [0.15, 0.2) is 5.78 Å². The molecular weight excluding hydrogens is 365 g/mol. The number of nitrogens with one attached hydrogen (secondary N) is 1. The Hall–Kier alpha value is -1.47. The largest absolute Gasteiger partial charge is 0.391 e. The van der Waals surface area contributed by atoms with E-state index in [-0.39, 0.29) is 42.8 Å². The fraction of sp³-hybridized carbons (Fsp3) is 0.471. The topological polar surface area (TPSA) is 84.2 Å². The Morgan fingerprint density at radius 1 is 1.48 bits per heavy atom. The van der Waals surface area contributed by atoms with Gasteiger partial charge in [-0.25, -0.2) is 4.98 Å². The fourth-order valence-electron chi connectivity index (χ4n) is 3.16. The second kappa shape index (κ2) is 8.27. The standard InChI is InChI=1S/C17H20ClN3O3.ClH/c1-10-5-11(18)6-13-16(10)20-9-21(17(13)24)8-12(22)7-14-15(23)3-2-4-19-14;/h5-6,9,14-15,19,23H,2-4,7-8H2,1H3;1H/t14-,15+;/m1./s1. The van der Waals surface area contributed by atoms with Crippen LogP contribution in [0.5, 0.6) is 0 Å². The molecular formula is C17H21Cl2N3O3. The van der Waals surface area contributed by atoms with Crippen LogP contribution >= 0.6 is 24.0 Å². The summed E-state index contributed by atoms with van der Waals surface area (Å²) in [5.74, 6) is -0.115. The Morgan fingerprint density at radius 3 is 2.96 bits per heavy atom. The minimum atomic E-state index is -0.518. The molecule has 1 aliphatic rings. The van der Waals surface area contributed by atoms with Crippen LogP contribution in [0.2, 0.25) is 5.02 Å². The molecule has 1 aliphatic heterocycles. The Morgan fingerprint density at radius 2 is 2.24 bits per heavy atom. The van der Waals surface area contributed by atoms with Crippen LogP contribution in [0.25, 0.3) is 10.9 Å². The number of hydrogen-bond acceptors (Lipinski definition) is 5. The smallest absolute Gasteiger partial charge is 0.261 e. The number of piperidine rings is 1. The van der Waals surface area contributed by atoms with Crippen molar-refractivity contribution in [1.29, 1.82) is 0 Å². The van der Waals surface area contributed by atoms with E-state index < -0.39 is 6.10 Å². The minimum absolute atomic E-state index is 0. The van der Waals surface area contributed by atoms with Crippen LogP contribution in [0.3, 0.4) is 0 Å². The molecule has 2 N–H and O–H groups in total. The average molecular weight is 386 g/mol. The number of nitrogens with zero attached hydrogens (tertiary/aromatic N) is 2. The number of Topliss-reactive ketones (excluding diaryl/α,β-unsaturated/α-hetero) is 1. The molecule has 0 radical (unpaired) electrons. The van der Waals surface area contributed by atoms with Gasteiger partial charge in [0.2, 0.25) is 0 Å². The molecule has 6 nitrogen and oxygen atoms in total. The third-order valence-corrected chi connectivity index (χ3v) is 4.64. The summed E-state index contributed by atoms with van der Waals surface area (Å²) >= 11 is 6.02. The summed E-state index contributed by atoms with van der Waals surface area (Å²) in [4.78, 5) is 29.1. The predicted octanol–water partition coefficient (Wildman–Crippen LogP) is 1.85. The van der Waals surface area contributed by atoms with Gasteiger partial charge in [0, 0.05) is 17.5 Å². The van der Waals surface area contributed by atoms with Gasteiger partial charge in [-0.05, 0) is 44.0 Å². The van der Waals surface area contributed by atoms with Crippen molar-refractivity contribution in [3.63, 3.8) is 0 Å². The second-order valence-electron chi connectivity index (χ2n) is 6.31. The summed E-state index contributed by atoms with van der Waals surface area (Å²) in [6, 6.07) is 3.08. The number of hydrogen-bond donors (Lipinski definition) is 2. The minimum Gasteiger partial charge on any atom is -0.391 e. The third-order valence-electron chi connectivity index (χ3n) is 4.42. The second-order valence-corrected chi connectivity index (χ2v) is 6.75. The summed E-state index contributed by atoms with van der Waals surface area (Å²) in [6.07, 6.45) is 2.67. The third kappa shape index (κ3) is 4.39. The van der Waals surface area contributed by atoms with Crippen LogP contribution in [-0.4, -0.2) is 39.1 Å². The van der Waals surface area contributed by atoms with Crippen molar-refractivity contribution in [2.45, 2.75) is 44.9 Å². The van der Waals surface area contributed by atoms with Gasteiger partial charge in [-0.3, -0.25) is 14.2 Å². The summed E-state index contributed by atoms with van der Waals surface area (Å²) in [7, 11) is 0. The lowest BCUT2D eigenvalue weighted by Crippen LogP contribution is -2.46. The number of halogens is 2. The Labute approximate surface area is 156 Å². The van der Waals surface area contributed by atoms with Gasteiger partial charge >= 0.3 is 0 Å². The molecule has 0 bridgehead atoms. The molecule has 8 heteroatoms. The van der Waals surface area contributed by atoms with E-state index in [1.54, 1.807) is 12.1 Å². The molecule has 136 valence electrons. The lowest BCUT2D eigenvalue weighted by Gasteiger charge is -2.28. The first-order valence-electron chi connectivity index (χ1n) is 8.04. The zero-order valence-electron chi connectivity index (χ0n) is 13.9. The Kier molecular flexibility index (Phi) is 6.57. The highest BCUT2D eigenvalue weighted by atomic mass is 35.5. The number of aromatic nitrogens is 2. The van der Waals surface area contributed by atoms with Gasteiger partial charge < -0.3 is 10.4 Å². The van der Waals surface area contributed by atoms with Gasteiger partial charge in [0.05, 0.1) is 29.9 Å². The quantitative estimate of drug-likeness (QED) is 0.838. The van der Waals surface area contributed by atoms with Gasteiger partial charge in [-0.1, -0.05) is 11.6 Å². The van der Waals surface area contributed by atoms with Crippen molar-refractivity contribution in [3.8, 4) is 0 Å². The molecule has 0 aliphatic carbocycles. The van der Waals surface area contributed by atoms with E-state index in [1.807, 2.05) is 6.92 Å². The number of carbonyl (C=O) groups excluding carboxylic acids is 1. The maximum Gasteiger partial charge on any atom is 0.261 e. The maximum atomic E-state index is 12.6. The lowest BCUT2D eigenvalue weighted by atomic mass is 9.97. The van der Waals surface area contributed by atoms with Crippen molar-refractivity contribution in [3.05, 3.63) is 39.4 Å². The van der Waals surface area contributed by atoms with Crippen molar-refractivity contribution in [1.82, 2.24) is 14.9 Å². The first-order chi connectivity index (χ1) is 11.5. The van der Waals surface area contributed by atoms with Crippen LogP contribution in [0.15, 0.2) is 23.3 Å². The highest BCUT2D eigenvalue weighted by Gasteiger charge is 2.25. The van der Waals surface area contributed by atoms with Gasteiger partial charge in [0.25, 0.3) is 5.56 Å². The number of aliphatic hydroxyl groups excluding tert-OH is 1. The number of fused-ring (bicyclic) bond motifs is 1. The monoisotopic (exact) mass is 385 g/mol. The zero-order valence-corrected chi connectivity index (χ0v) is 15.4. The molecule has 2 heterocycles. The summed E-state index contributed by atoms with van der Waals surface area (Å²) in [5, 5.41) is 14.0. The number of carbonyl (C=O) groups is 1. The van der Waals surface area contributed by atoms with E-state index in [0.29, 0.717) is 22.3 Å². The molecule has 25 heavy (non-hydrogen) atoms. The van der Waals surface area contributed by atoms with Crippen LogP contribution in [-0.2, 0) is 11.3 Å². The van der Waals surface area contributed by atoms with Crippen LogP contribution < -0.4 is 10.9 Å². The summed E-state index contributed by atoms with van der Waals surface area (Å²) in [6.45, 7) is 2.58. The molecule has 3 rings (SSSR count).